The number of aliphatic hydroxyl groups excluding tert-OH is 1. The molecule has 0 saturated heterocycles. The Balaban J connectivity index is 2.19. The van der Waals surface area contributed by atoms with Gasteiger partial charge in [0, 0.05) is 10.8 Å². The topological polar surface area (TPSA) is 33.1 Å². The Morgan fingerprint density at radius 1 is 1.46 bits per heavy atom. The fourth-order valence-corrected chi connectivity index (χ4v) is 3.58. The molecule has 1 N–H and O–H groups in total. The van der Waals surface area contributed by atoms with Crippen molar-refractivity contribution in [3.63, 3.8) is 0 Å². The van der Waals surface area contributed by atoms with Crippen LogP contribution in [0.5, 0.6) is 0 Å². The molecule has 2 nitrogen and oxygen atoms in total. The maximum atomic E-state index is 9.82. The molecule has 13 heavy (non-hydrogen) atoms. The minimum absolute atomic E-state index is 0.162. The molecule has 0 aliphatic heterocycles. The van der Waals surface area contributed by atoms with Crippen LogP contribution in [0.2, 0.25) is 0 Å². The van der Waals surface area contributed by atoms with Crippen LogP contribution in [0.1, 0.15) is 36.5 Å². The lowest BCUT2D eigenvalue weighted by Crippen LogP contribution is -2.21. The lowest BCUT2D eigenvalue weighted by molar-refractivity contribution is 0.107. The van der Waals surface area contributed by atoms with E-state index in [9.17, 15) is 5.11 Å². The molecule has 0 spiro atoms. The van der Waals surface area contributed by atoms with E-state index in [1.165, 1.54) is 11.3 Å². The van der Waals surface area contributed by atoms with E-state index in [2.05, 4.69) is 20.9 Å². The zero-order valence-corrected chi connectivity index (χ0v) is 9.64. The molecule has 72 valence electrons. The first kappa shape index (κ1) is 9.62. The van der Waals surface area contributed by atoms with Crippen LogP contribution >= 0.6 is 27.3 Å². The molecule has 0 amide bonds. The molecule has 1 heterocycles. The van der Waals surface area contributed by atoms with Gasteiger partial charge in [0.15, 0.2) is 0 Å². The molecule has 0 aromatic carbocycles. The number of nitrogens with zero attached hydrogens (tertiary/aromatic N) is 1. The predicted octanol–water partition coefficient (Wildman–Crippen LogP) is 2.92. The molecule has 0 radical (unpaired) electrons. The van der Waals surface area contributed by atoms with E-state index < -0.39 is 0 Å². The van der Waals surface area contributed by atoms with Gasteiger partial charge in [-0.15, -0.1) is 11.3 Å². The third kappa shape index (κ3) is 1.95. The molecule has 1 aliphatic rings. The SMILES string of the molecule is OC1CCCCC1c1scnc1Br. The van der Waals surface area contributed by atoms with Crippen LogP contribution in [0.3, 0.4) is 0 Å². The first-order chi connectivity index (χ1) is 6.29. The number of hydrogen-bond donors (Lipinski definition) is 1. The first-order valence-corrected chi connectivity index (χ1v) is 6.23. The number of halogens is 1. The summed E-state index contributed by atoms with van der Waals surface area (Å²) in [4.78, 5) is 5.37. The summed E-state index contributed by atoms with van der Waals surface area (Å²) < 4.78 is 0.920. The van der Waals surface area contributed by atoms with E-state index in [4.69, 9.17) is 0 Å². The van der Waals surface area contributed by atoms with Gasteiger partial charge in [-0.3, -0.25) is 0 Å². The molecular formula is C9H12BrNOS. The maximum absolute atomic E-state index is 9.82. The summed E-state index contributed by atoms with van der Waals surface area (Å²) >= 11 is 5.06. The van der Waals surface area contributed by atoms with Crippen molar-refractivity contribution in [3.8, 4) is 0 Å². The van der Waals surface area contributed by atoms with Gasteiger partial charge < -0.3 is 5.11 Å². The second-order valence-electron chi connectivity index (χ2n) is 3.47. The lowest BCUT2D eigenvalue weighted by Gasteiger charge is -2.26. The van der Waals surface area contributed by atoms with Crippen LogP contribution in [-0.2, 0) is 0 Å². The van der Waals surface area contributed by atoms with Crippen molar-refractivity contribution in [2.45, 2.75) is 37.7 Å². The van der Waals surface area contributed by atoms with Crippen LogP contribution in [0.25, 0.3) is 0 Å². The number of aromatic nitrogens is 1. The summed E-state index contributed by atoms with van der Waals surface area (Å²) in [6.45, 7) is 0. The maximum Gasteiger partial charge on any atom is 0.120 e. The largest absolute Gasteiger partial charge is 0.392 e. The van der Waals surface area contributed by atoms with Crippen molar-refractivity contribution < 1.29 is 5.11 Å². The smallest absolute Gasteiger partial charge is 0.120 e. The van der Waals surface area contributed by atoms with Gasteiger partial charge in [-0.1, -0.05) is 12.8 Å². The highest BCUT2D eigenvalue weighted by atomic mass is 79.9. The number of rotatable bonds is 1. The standard InChI is InChI=1S/C9H12BrNOS/c10-9-8(13-5-11-9)6-3-1-2-4-7(6)12/h5-7,12H,1-4H2. The molecule has 1 aromatic heterocycles. The van der Waals surface area contributed by atoms with Gasteiger partial charge in [0.1, 0.15) is 4.60 Å². The van der Waals surface area contributed by atoms with Crippen LogP contribution in [0.15, 0.2) is 10.1 Å². The molecule has 2 rings (SSSR count). The van der Waals surface area contributed by atoms with Crippen molar-refractivity contribution in [1.82, 2.24) is 4.98 Å². The molecule has 4 heteroatoms. The molecule has 1 aromatic rings. The highest BCUT2D eigenvalue weighted by molar-refractivity contribution is 9.10. The molecule has 1 aliphatic carbocycles. The van der Waals surface area contributed by atoms with Gasteiger partial charge in [0.25, 0.3) is 0 Å². The van der Waals surface area contributed by atoms with E-state index in [1.54, 1.807) is 11.3 Å². The van der Waals surface area contributed by atoms with E-state index in [1.807, 2.05) is 5.51 Å². The minimum Gasteiger partial charge on any atom is -0.392 e. The van der Waals surface area contributed by atoms with Crippen LogP contribution in [-0.4, -0.2) is 16.2 Å². The summed E-state index contributed by atoms with van der Waals surface area (Å²) in [7, 11) is 0. The summed E-state index contributed by atoms with van der Waals surface area (Å²) in [5.74, 6) is 0.315. The van der Waals surface area contributed by atoms with Gasteiger partial charge in [-0.2, -0.15) is 0 Å². The Morgan fingerprint density at radius 3 is 2.85 bits per heavy atom. The van der Waals surface area contributed by atoms with Gasteiger partial charge in [0.05, 0.1) is 11.6 Å². The summed E-state index contributed by atoms with van der Waals surface area (Å²) in [6, 6.07) is 0. The highest BCUT2D eigenvalue weighted by Gasteiger charge is 2.27. The van der Waals surface area contributed by atoms with Gasteiger partial charge in [-0.05, 0) is 28.8 Å². The van der Waals surface area contributed by atoms with Crippen molar-refractivity contribution in [1.29, 1.82) is 0 Å². The fraction of sp³-hybridized carbons (Fsp3) is 0.667. The number of thiazole rings is 1. The van der Waals surface area contributed by atoms with Gasteiger partial charge >= 0.3 is 0 Å². The van der Waals surface area contributed by atoms with E-state index >= 15 is 0 Å². The zero-order valence-electron chi connectivity index (χ0n) is 7.24. The normalized spacial score (nSPS) is 29.1. The summed E-state index contributed by atoms with van der Waals surface area (Å²) in [5.41, 5.74) is 1.83. The van der Waals surface area contributed by atoms with Crippen molar-refractivity contribution >= 4 is 27.3 Å². The van der Waals surface area contributed by atoms with Crippen LogP contribution < -0.4 is 0 Å². The number of aliphatic hydroxyl groups is 1. The Labute approximate surface area is 90.1 Å². The molecule has 0 bridgehead atoms. The average molecular weight is 262 g/mol. The summed E-state index contributed by atoms with van der Waals surface area (Å²) in [6.07, 6.45) is 4.27. The molecule has 1 saturated carbocycles. The second kappa shape index (κ2) is 4.07. The summed E-state index contributed by atoms with van der Waals surface area (Å²) in [5, 5.41) is 9.82. The molecule has 2 atom stereocenters. The van der Waals surface area contributed by atoms with E-state index in [0.29, 0.717) is 5.92 Å². The van der Waals surface area contributed by atoms with Gasteiger partial charge in [-0.25, -0.2) is 4.98 Å². The Kier molecular flexibility index (Phi) is 3.01. The minimum atomic E-state index is -0.162. The molecule has 2 unspecified atom stereocenters. The second-order valence-corrected chi connectivity index (χ2v) is 5.10. The first-order valence-electron chi connectivity index (χ1n) is 4.56. The van der Waals surface area contributed by atoms with Crippen molar-refractivity contribution in [2.24, 2.45) is 0 Å². The third-order valence-corrected chi connectivity index (χ3v) is 4.47. The third-order valence-electron chi connectivity index (χ3n) is 2.62. The Hall–Kier alpha value is 0.0700. The van der Waals surface area contributed by atoms with Crippen LogP contribution in [0.4, 0.5) is 0 Å². The Bertz CT molecular complexity index is 289. The molecular weight excluding hydrogens is 250 g/mol. The van der Waals surface area contributed by atoms with E-state index in [0.717, 1.165) is 23.9 Å². The zero-order chi connectivity index (χ0) is 9.26. The van der Waals surface area contributed by atoms with Crippen LogP contribution in [0, 0.1) is 0 Å². The molecule has 1 fully saturated rings. The highest BCUT2D eigenvalue weighted by Crippen LogP contribution is 2.38. The quantitative estimate of drug-likeness (QED) is 0.844. The fourth-order valence-electron chi connectivity index (χ4n) is 1.90. The average Bonchev–Trinajstić information content (AvgIpc) is 2.52. The van der Waals surface area contributed by atoms with E-state index in [-0.39, 0.29) is 6.10 Å². The van der Waals surface area contributed by atoms with Crippen molar-refractivity contribution in [2.75, 3.05) is 0 Å². The predicted molar refractivity (Wildman–Crippen MR) is 57.0 cm³/mol. The van der Waals surface area contributed by atoms with Crippen molar-refractivity contribution in [3.05, 3.63) is 15.0 Å². The Morgan fingerprint density at radius 2 is 2.23 bits per heavy atom. The lowest BCUT2D eigenvalue weighted by atomic mass is 9.86. The number of hydrogen-bond acceptors (Lipinski definition) is 3. The monoisotopic (exact) mass is 261 g/mol. The van der Waals surface area contributed by atoms with Gasteiger partial charge in [0.2, 0.25) is 0 Å².